The van der Waals surface area contributed by atoms with Crippen molar-refractivity contribution in [2.24, 2.45) is 0 Å². The van der Waals surface area contributed by atoms with E-state index in [1.807, 2.05) is 0 Å². The van der Waals surface area contributed by atoms with Crippen molar-refractivity contribution in [3.63, 3.8) is 0 Å². The van der Waals surface area contributed by atoms with Crippen molar-refractivity contribution in [1.29, 1.82) is 0 Å². The number of fused-ring (bicyclic) bond motifs is 2. The molecule has 0 spiro atoms. The molecule has 1 N–H and O–H groups in total. The molecule has 0 unspecified atom stereocenters. The molecule has 4 atom stereocenters. The van der Waals surface area contributed by atoms with E-state index in [9.17, 15) is 5.11 Å². The van der Waals surface area contributed by atoms with Crippen LogP contribution < -0.4 is 0 Å². The van der Waals surface area contributed by atoms with Crippen LogP contribution in [0.25, 0.3) is 0 Å². The fourth-order valence-corrected chi connectivity index (χ4v) is 3.23. The van der Waals surface area contributed by atoms with Gasteiger partial charge in [0.2, 0.25) is 0 Å². The highest BCUT2D eigenvalue weighted by atomic mass is 79.9. The first kappa shape index (κ1) is 8.02. The van der Waals surface area contributed by atoms with Crippen LogP contribution in [-0.2, 0) is 0 Å². The van der Waals surface area contributed by atoms with Gasteiger partial charge in [-0.1, -0.05) is 15.9 Å². The Morgan fingerprint density at radius 2 is 2.18 bits per heavy atom. The minimum atomic E-state index is -0.122. The van der Waals surface area contributed by atoms with E-state index in [1.165, 1.54) is 12.8 Å². The van der Waals surface area contributed by atoms with E-state index in [0.717, 1.165) is 6.42 Å². The quantitative estimate of drug-likeness (QED) is 0.615. The third kappa shape index (κ3) is 1.14. The Hall–Kier alpha value is 0.400. The van der Waals surface area contributed by atoms with Crippen LogP contribution in [0.2, 0.25) is 0 Å². The van der Waals surface area contributed by atoms with Crippen molar-refractivity contribution in [2.75, 3.05) is 7.05 Å². The molecule has 0 aromatic rings. The molecule has 0 aromatic carbocycles. The highest BCUT2D eigenvalue weighted by Crippen LogP contribution is 2.37. The predicted molar refractivity (Wildman–Crippen MR) is 47.9 cm³/mol. The van der Waals surface area contributed by atoms with Crippen molar-refractivity contribution < 1.29 is 5.11 Å². The van der Waals surface area contributed by atoms with Gasteiger partial charge in [-0.15, -0.1) is 0 Å². The SMILES string of the molecule is CN1[C@@H]2CC[C@H]1[C@H](Br)[C@H](O)C2. The number of halogens is 1. The molecule has 0 aromatic heterocycles. The number of alkyl halides is 1. The Morgan fingerprint density at radius 3 is 2.91 bits per heavy atom. The molecule has 0 saturated carbocycles. The molecule has 0 aliphatic carbocycles. The molecule has 2 aliphatic rings. The van der Waals surface area contributed by atoms with Gasteiger partial charge in [0, 0.05) is 12.1 Å². The molecule has 0 amide bonds. The van der Waals surface area contributed by atoms with Crippen LogP contribution in [0.15, 0.2) is 0 Å². The highest BCUT2D eigenvalue weighted by molar-refractivity contribution is 9.09. The summed E-state index contributed by atoms with van der Waals surface area (Å²) in [5.74, 6) is 0. The summed E-state index contributed by atoms with van der Waals surface area (Å²) >= 11 is 3.56. The third-order valence-electron chi connectivity index (χ3n) is 3.14. The van der Waals surface area contributed by atoms with Gasteiger partial charge in [0.15, 0.2) is 0 Å². The van der Waals surface area contributed by atoms with Gasteiger partial charge in [0.25, 0.3) is 0 Å². The zero-order valence-corrected chi connectivity index (χ0v) is 8.29. The van der Waals surface area contributed by atoms with Crippen LogP contribution in [0.5, 0.6) is 0 Å². The summed E-state index contributed by atoms with van der Waals surface area (Å²) in [5, 5.41) is 9.60. The molecular formula is C8H14BrNO. The van der Waals surface area contributed by atoms with Crippen LogP contribution in [-0.4, -0.2) is 40.1 Å². The summed E-state index contributed by atoms with van der Waals surface area (Å²) in [4.78, 5) is 2.71. The summed E-state index contributed by atoms with van der Waals surface area (Å²) in [7, 11) is 2.17. The first-order valence-corrected chi connectivity index (χ1v) is 5.16. The molecular weight excluding hydrogens is 206 g/mol. The summed E-state index contributed by atoms with van der Waals surface area (Å²) in [6, 6.07) is 1.22. The Kier molecular flexibility index (Phi) is 1.98. The second-order valence-electron chi connectivity index (χ2n) is 3.71. The first-order valence-electron chi connectivity index (χ1n) is 4.24. The summed E-state index contributed by atoms with van der Waals surface area (Å²) < 4.78 is 0. The fourth-order valence-electron chi connectivity index (χ4n) is 2.37. The Bertz CT molecular complexity index is 164. The second-order valence-corrected chi connectivity index (χ2v) is 4.77. The zero-order valence-electron chi connectivity index (χ0n) is 6.70. The topological polar surface area (TPSA) is 23.5 Å². The van der Waals surface area contributed by atoms with Crippen LogP contribution in [0, 0.1) is 0 Å². The van der Waals surface area contributed by atoms with Gasteiger partial charge in [-0.3, -0.25) is 4.90 Å². The average Bonchev–Trinajstić information content (AvgIpc) is 2.23. The molecule has 64 valence electrons. The molecule has 2 saturated heterocycles. The van der Waals surface area contributed by atoms with Crippen LogP contribution in [0.3, 0.4) is 0 Å². The molecule has 2 fully saturated rings. The molecule has 2 heterocycles. The largest absolute Gasteiger partial charge is 0.392 e. The zero-order chi connectivity index (χ0) is 8.01. The maximum Gasteiger partial charge on any atom is 0.0695 e. The smallest absolute Gasteiger partial charge is 0.0695 e. The first-order chi connectivity index (χ1) is 5.20. The van der Waals surface area contributed by atoms with Crippen LogP contribution in [0.4, 0.5) is 0 Å². The average molecular weight is 220 g/mol. The van der Waals surface area contributed by atoms with E-state index in [2.05, 4.69) is 27.9 Å². The van der Waals surface area contributed by atoms with Gasteiger partial charge in [0.1, 0.15) is 0 Å². The number of aliphatic hydroxyl groups excluding tert-OH is 1. The van der Waals surface area contributed by atoms with Crippen molar-refractivity contribution in [3.8, 4) is 0 Å². The van der Waals surface area contributed by atoms with Crippen molar-refractivity contribution in [1.82, 2.24) is 4.90 Å². The number of aliphatic hydroxyl groups is 1. The van der Waals surface area contributed by atoms with Crippen molar-refractivity contribution in [2.45, 2.75) is 42.3 Å². The Morgan fingerprint density at radius 1 is 1.45 bits per heavy atom. The van der Waals surface area contributed by atoms with Crippen LogP contribution in [0.1, 0.15) is 19.3 Å². The minimum absolute atomic E-state index is 0.122. The summed E-state index contributed by atoms with van der Waals surface area (Å²) in [6.07, 6.45) is 3.33. The Balaban J connectivity index is 2.16. The van der Waals surface area contributed by atoms with Gasteiger partial charge in [-0.2, -0.15) is 0 Å². The van der Waals surface area contributed by atoms with E-state index in [4.69, 9.17) is 0 Å². The van der Waals surface area contributed by atoms with Crippen molar-refractivity contribution in [3.05, 3.63) is 0 Å². The van der Waals surface area contributed by atoms with Gasteiger partial charge >= 0.3 is 0 Å². The molecule has 2 nitrogen and oxygen atoms in total. The maximum absolute atomic E-state index is 9.60. The predicted octanol–water partition coefficient (Wildman–Crippen LogP) is 0.977. The minimum Gasteiger partial charge on any atom is -0.392 e. The lowest BCUT2D eigenvalue weighted by atomic mass is 10.0. The van der Waals surface area contributed by atoms with E-state index in [0.29, 0.717) is 16.9 Å². The lowest BCUT2D eigenvalue weighted by Gasteiger charge is -2.37. The van der Waals surface area contributed by atoms with Gasteiger partial charge in [0.05, 0.1) is 10.9 Å². The van der Waals surface area contributed by atoms with E-state index < -0.39 is 0 Å². The van der Waals surface area contributed by atoms with Gasteiger partial charge in [-0.05, 0) is 26.3 Å². The maximum atomic E-state index is 9.60. The highest BCUT2D eigenvalue weighted by Gasteiger charge is 2.43. The lowest BCUT2D eigenvalue weighted by Crippen LogP contribution is -2.49. The van der Waals surface area contributed by atoms with E-state index in [-0.39, 0.29) is 6.10 Å². The molecule has 2 bridgehead atoms. The molecule has 11 heavy (non-hydrogen) atoms. The van der Waals surface area contributed by atoms with Crippen LogP contribution >= 0.6 is 15.9 Å². The second kappa shape index (κ2) is 2.71. The number of rotatable bonds is 0. The monoisotopic (exact) mass is 219 g/mol. The number of piperidine rings is 1. The van der Waals surface area contributed by atoms with E-state index in [1.54, 1.807) is 0 Å². The summed E-state index contributed by atoms with van der Waals surface area (Å²) in [5.41, 5.74) is 0. The number of hydrogen-bond acceptors (Lipinski definition) is 2. The molecule has 0 radical (unpaired) electrons. The molecule has 3 heteroatoms. The molecule has 2 aliphatic heterocycles. The fraction of sp³-hybridized carbons (Fsp3) is 1.00. The molecule has 2 rings (SSSR count). The normalized spacial score (nSPS) is 51.5. The Labute approximate surface area is 75.7 Å². The number of hydrogen-bond donors (Lipinski definition) is 1. The van der Waals surface area contributed by atoms with Gasteiger partial charge < -0.3 is 5.11 Å². The number of nitrogens with zero attached hydrogens (tertiary/aromatic N) is 1. The summed E-state index contributed by atoms with van der Waals surface area (Å²) in [6.45, 7) is 0. The van der Waals surface area contributed by atoms with Gasteiger partial charge in [-0.25, -0.2) is 0 Å². The van der Waals surface area contributed by atoms with E-state index >= 15 is 0 Å². The standard InChI is InChI=1S/C8H14BrNO/c1-10-5-2-3-6(10)8(9)7(11)4-5/h5-8,11H,2-4H2,1H3/t5-,6+,7-,8+/m1/s1. The lowest BCUT2D eigenvalue weighted by molar-refractivity contribution is 0.0594. The third-order valence-corrected chi connectivity index (χ3v) is 4.36. The van der Waals surface area contributed by atoms with Crippen molar-refractivity contribution >= 4 is 15.9 Å².